The van der Waals surface area contributed by atoms with Gasteiger partial charge in [-0.05, 0) is 31.4 Å². The van der Waals surface area contributed by atoms with Crippen molar-refractivity contribution in [2.24, 2.45) is 0 Å². The largest absolute Gasteiger partial charge is 0.385 e. The number of hydrogen-bond donors (Lipinski definition) is 0. The highest BCUT2D eigenvalue weighted by Gasteiger charge is 2.29. The average molecular weight is 394 g/mol. The van der Waals surface area contributed by atoms with Crippen molar-refractivity contribution in [3.8, 4) is 5.69 Å². The maximum atomic E-state index is 13.0. The van der Waals surface area contributed by atoms with Crippen LogP contribution in [0.4, 0.5) is 5.95 Å². The summed E-state index contributed by atoms with van der Waals surface area (Å²) in [6, 6.07) is 7.66. The van der Waals surface area contributed by atoms with Gasteiger partial charge in [0.25, 0.3) is 5.16 Å². The van der Waals surface area contributed by atoms with Crippen molar-refractivity contribution >= 4 is 15.8 Å². The fourth-order valence-electron chi connectivity index (χ4n) is 3.09. The van der Waals surface area contributed by atoms with Crippen molar-refractivity contribution in [3.05, 3.63) is 29.8 Å². The first-order valence-corrected chi connectivity index (χ1v) is 10.8. The SMILES string of the molecule is COCCCCS(=O)(=O)c1nnc(N2CCOCC2)n1-c1ccccc1C. The predicted octanol–water partition coefficient (Wildman–Crippen LogP) is 1.61. The summed E-state index contributed by atoms with van der Waals surface area (Å²) in [5, 5.41) is 8.33. The van der Waals surface area contributed by atoms with Crippen molar-refractivity contribution in [2.75, 3.05) is 50.7 Å². The molecule has 8 nitrogen and oxygen atoms in total. The van der Waals surface area contributed by atoms with E-state index in [9.17, 15) is 8.42 Å². The van der Waals surface area contributed by atoms with Gasteiger partial charge in [-0.15, -0.1) is 10.2 Å². The van der Waals surface area contributed by atoms with E-state index in [1.165, 1.54) is 0 Å². The van der Waals surface area contributed by atoms with Gasteiger partial charge in [0.15, 0.2) is 0 Å². The van der Waals surface area contributed by atoms with Crippen molar-refractivity contribution in [1.29, 1.82) is 0 Å². The molecule has 9 heteroatoms. The van der Waals surface area contributed by atoms with Gasteiger partial charge in [-0.3, -0.25) is 4.57 Å². The van der Waals surface area contributed by atoms with Crippen LogP contribution in [-0.4, -0.2) is 69.0 Å². The monoisotopic (exact) mass is 394 g/mol. The lowest BCUT2D eigenvalue weighted by Gasteiger charge is -2.28. The summed E-state index contributed by atoms with van der Waals surface area (Å²) >= 11 is 0. The summed E-state index contributed by atoms with van der Waals surface area (Å²) in [5.74, 6) is 0.562. The third-order valence-electron chi connectivity index (χ3n) is 4.56. The number of ether oxygens (including phenoxy) is 2. The second-order valence-corrected chi connectivity index (χ2v) is 8.53. The Kier molecular flexibility index (Phi) is 6.46. The molecule has 0 saturated carbocycles. The molecule has 0 radical (unpaired) electrons. The highest BCUT2D eigenvalue weighted by Crippen LogP contribution is 2.26. The summed E-state index contributed by atoms with van der Waals surface area (Å²) in [6.07, 6.45) is 1.20. The highest BCUT2D eigenvalue weighted by atomic mass is 32.2. The number of aryl methyl sites for hydroxylation is 1. The number of sulfone groups is 1. The zero-order valence-electron chi connectivity index (χ0n) is 15.8. The molecule has 3 rings (SSSR count). The Labute approximate surface area is 160 Å². The minimum atomic E-state index is -3.58. The number of morpholine rings is 1. The Bertz CT molecular complexity index is 860. The summed E-state index contributed by atoms with van der Waals surface area (Å²) in [7, 11) is -1.97. The third-order valence-corrected chi connectivity index (χ3v) is 6.20. The molecule has 1 aliphatic rings. The van der Waals surface area contributed by atoms with E-state index in [1.54, 1.807) is 11.7 Å². The van der Waals surface area contributed by atoms with Crippen molar-refractivity contribution in [3.63, 3.8) is 0 Å². The first kappa shape index (κ1) is 19.8. The van der Waals surface area contributed by atoms with Crippen LogP contribution in [0, 0.1) is 6.92 Å². The molecule has 1 aromatic carbocycles. The van der Waals surface area contributed by atoms with Gasteiger partial charge in [0.2, 0.25) is 15.8 Å². The van der Waals surface area contributed by atoms with Crippen LogP contribution in [0.5, 0.6) is 0 Å². The van der Waals surface area contributed by atoms with E-state index >= 15 is 0 Å². The number of unbranched alkanes of at least 4 members (excludes halogenated alkanes) is 1. The van der Waals surface area contributed by atoms with Crippen molar-refractivity contribution in [2.45, 2.75) is 24.9 Å². The molecule has 148 valence electrons. The standard InChI is InChI=1S/C18H26N4O4S/c1-15-7-3-4-8-16(15)22-17(21-9-12-26-13-10-21)19-20-18(22)27(23,24)14-6-5-11-25-2/h3-4,7-8H,5-6,9-14H2,1-2H3. The second-order valence-electron chi connectivity index (χ2n) is 6.52. The molecular formula is C18H26N4O4S. The molecule has 0 aliphatic carbocycles. The Balaban J connectivity index is 2.01. The van der Waals surface area contributed by atoms with Crippen LogP contribution in [-0.2, 0) is 19.3 Å². The van der Waals surface area contributed by atoms with Gasteiger partial charge >= 0.3 is 0 Å². The van der Waals surface area contributed by atoms with Crippen LogP contribution < -0.4 is 4.90 Å². The molecule has 1 saturated heterocycles. The number of nitrogens with zero attached hydrogens (tertiary/aromatic N) is 4. The maximum absolute atomic E-state index is 13.0. The first-order valence-electron chi connectivity index (χ1n) is 9.10. The number of hydrogen-bond acceptors (Lipinski definition) is 7. The molecular weight excluding hydrogens is 368 g/mol. The summed E-state index contributed by atoms with van der Waals surface area (Å²) < 4.78 is 38.1. The van der Waals surface area contributed by atoms with Crippen LogP contribution >= 0.6 is 0 Å². The van der Waals surface area contributed by atoms with Gasteiger partial charge in [0.1, 0.15) is 0 Å². The van der Waals surface area contributed by atoms with Gasteiger partial charge in [-0.1, -0.05) is 18.2 Å². The molecule has 0 amide bonds. The van der Waals surface area contributed by atoms with Crippen LogP contribution in [0.25, 0.3) is 5.69 Å². The molecule has 0 N–H and O–H groups in total. The molecule has 0 spiro atoms. The zero-order valence-corrected chi connectivity index (χ0v) is 16.6. The van der Waals surface area contributed by atoms with E-state index in [0.29, 0.717) is 51.7 Å². The summed E-state index contributed by atoms with van der Waals surface area (Å²) in [4.78, 5) is 2.02. The number of rotatable bonds is 8. The quantitative estimate of drug-likeness (QED) is 0.629. The van der Waals surface area contributed by atoms with Crippen LogP contribution in [0.15, 0.2) is 29.4 Å². The van der Waals surface area contributed by atoms with Gasteiger partial charge in [0.05, 0.1) is 24.7 Å². The van der Waals surface area contributed by atoms with E-state index in [-0.39, 0.29) is 10.9 Å². The van der Waals surface area contributed by atoms with E-state index in [4.69, 9.17) is 9.47 Å². The lowest BCUT2D eigenvalue weighted by atomic mass is 10.2. The molecule has 2 heterocycles. The number of para-hydroxylation sites is 1. The van der Waals surface area contributed by atoms with Crippen molar-refractivity contribution in [1.82, 2.24) is 14.8 Å². The minimum Gasteiger partial charge on any atom is -0.385 e. The lowest BCUT2D eigenvalue weighted by molar-refractivity contribution is 0.122. The molecule has 0 atom stereocenters. The van der Waals surface area contributed by atoms with Crippen molar-refractivity contribution < 1.29 is 17.9 Å². The van der Waals surface area contributed by atoms with E-state index in [1.807, 2.05) is 36.1 Å². The maximum Gasteiger partial charge on any atom is 0.255 e. The Morgan fingerprint density at radius 1 is 1.15 bits per heavy atom. The van der Waals surface area contributed by atoms with Gasteiger partial charge < -0.3 is 14.4 Å². The Morgan fingerprint density at radius 2 is 1.89 bits per heavy atom. The molecule has 1 aromatic heterocycles. The van der Waals surface area contributed by atoms with E-state index in [2.05, 4.69) is 10.2 Å². The van der Waals surface area contributed by atoms with Gasteiger partial charge in [-0.2, -0.15) is 0 Å². The minimum absolute atomic E-state index is 0.00397. The van der Waals surface area contributed by atoms with Crippen LogP contribution in [0.2, 0.25) is 0 Å². The molecule has 2 aromatic rings. The molecule has 1 fully saturated rings. The molecule has 27 heavy (non-hydrogen) atoms. The predicted molar refractivity (Wildman–Crippen MR) is 102 cm³/mol. The zero-order chi connectivity index (χ0) is 19.3. The van der Waals surface area contributed by atoms with Crippen LogP contribution in [0.1, 0.15) is 18.4 Å². The number of methoxy groups -OCH3 is 1. The second kappa shape index (κ2) is 8.81. The van der Waals surface area contributed by atoms with E-state index < -0.39 is 9.84 Å². The molecule has 1 aliphatic heterocycles. The Morgan fingerprint density at radius 3 is 2.59 bits per heavy atom. The fraction of sp³-hybridized carbons (Fsp3) is 0.556. The molecule has 0 unspecified atom stereocenters. The summed E-state index contributed by atoms with van der Waals surface area (Å²) in [6.45, 7) is 4.96. The fourth-order valence-corrected chi connectivity index (χ4v) is 4.48. The van der Waals surface area contributed by atoms with Gasteiger partial charge in [-0.25, -0.2) is 8.42 Å². The first-order chi connectivity index (χ1) is 13.0. The smallest absolute Gasteiger partial charge is 0.255 e. The van der Waals surface area contributed by atoms with Crippen LogP contribution in [0.3, 0.4) is 0 Å². The van der Waals surface area contributed by atoms with E-state index in [0.717, 1.165) is 11.3 Å². The highest BCUT2D eigenvalue weighted by molar-refractivity contribution is 7.91. The average Bonchev–Trinajstić information content (AvgIpc) is 3.12. The lowest BCUT2D eigenvalue weighted by Crippen LogP contribution is -2.38. The third kappa shape index (κ3) is 4.48. The molecule has 0 bridgehead atoms. The summed E-state index contributed by atoms with van der Waals surface area (Å²) in [5.41, 5.74) is 1.74. The number of aromatic nitrogens is 3. The number of anilines is 1. The van der Waals surface area contributed by atoms with Gasteiger partial charge in [0, 0.05) is 26.8 Å². The number of benzene rings is 1. The normalized spacial score (nSPS) is 15.3. The Hall–Kier alpha value is -1.97. The topological polar surface area (TPSA) is 86.6 Å².